The number of anilines is 1. The summed E-state index contributed by atoms with van der Waals surface area (Å²) >= 11 is 0. The van der Waals surface area contributed by atoms with E-state index in [1.165, 1.54) is 17.0 Å². The van der Waals surface area contributed by atoms with Crippen molar-refractivity contribution in [3.8, 4) is 0 Å². The van der Waals surface area contributed by atoms with Gasteiger partial charge in [-0.15, -0.1) is 0 Å². The summed E-state index contributed by atoms with van der Waals surface area (Å²) in [5.41, 5.74) is 6.03. The molecule has 1 aliphatic rings. The van der Waals surface area contributed by atoms with E-state index in [9.17, 15) is 9.18 Å². The molecule has 0 heterocycles. The van der Waals surface area contributed by atoms with E-state index in [2.05, 4.69) is 6.92 Å². The summed E-state index contributed by atoms with van der Waals surface area (Å²) in [6.07, 6.45) is 3.50. The van der Waals surface area contributed by atoms with Crippen molar-refractivity contribution < 1.29 is 9.18 Å². The lowest BCUT2D eigenvalue weighted by atomic mass is 9.76. The van der Waals surface area contributed by atoms with E-state index in [1.807, 2.05) is 0 Å². The number of carbonyl (C=O) groups is 1. The van der Waals surface area contributed by atoms with Gasteiger partial charge in [-0.2, -0.15) is 0 Å². The lowest BCUT2D eigenvalue weighted by molar-refractivity contribution is -0.125. The third-order valence-electron chi connectivity index (χ3n) is 3.96. The molecule has 2 unspecified atom stereocenters. The van der Waals surface area contributed by atoms with E-state index in [0.29, 0.717) is 24.4 Å². The van der Waals surface area contributed by atoms with Crippen molar-refractivity contribution in [1.82, 2.24) is 0 Å². The number of carbonyl (C=O) groups excluding carboxylic acids is 1. The molecule has 2 rings (SSSR count). The second-order valence-electron chi connectivity index (χ2n) is 5.70. The topological polar surface area (TPSA) is 46.3 Å². The molecule has 104 valence electrons. The maximum Gasteiger partial charge on any atom is 0.246 e. The summed E-state index contributed by atoms with van der Waals surface area (Å²) in [5.74, 6) is -0.00602. The fourth-order valence-corrected chi connectivity index (χ4v) is 2.92. The van der Waals surface area contributed by atoms with Crippen LogP contribution in [0.3, 0.4) is 0 Å². The first-order valence-electron chi connectivity index (χ1n) is 6.75. The van der Waals surface area contributed by atoms with E-state index in [-0.39, 0.29) is 11.7 Å². The fourth-order valence-electron chi connectivity index (χ4n) is 2.92. The van der Waals surface area contributed by atoms with Gasteiger partial charge >= 0.3 is 0 Å². The highest BCUT2D eigenvalue weighted by Crippen LogP contribution is 2.32. The fraction of sp³-hybridized carbons (Fsp3) is 0.533. The number of hydrogen-bond acceptors (Lipinski definition) is 2. The van der Waals surface area contributed by atoms with Gasteiger partial charge in [0.15, 0.2) is 0 Å². The third-order valence-corrected chi connectivity index (χ3v) is 3.96. The minimum atomic E-state index is -0.807. The molecular formula is C15H21FN2O. The molecule has 0 aromatic heterocycles. The molecule has 2 N–H and O–H groups in total. The van der Waals surface area contributed by atoms with Crippen molar-refractivity contribution in [2.45, 2.75) is 38.1 Å². The minimum Gasteiger partial charge on any atom is -0.317 e. The molecule has 4 heteroatoms. The molecule has 1 saturated carbocycles. The van der Waals surface area contributed by atoms with Crippen molar-refractivity contribution in [3.05, 3.63) is 30.1 Å². The van der Waals surface area contributed by atoms with Crippen molar-refractivity contribution >= 4 is 11.6 Å². The van der Waals surface area contributed by atoms with Crippen LogP contribution >= 0.6 is 0 Å². The van der Waals surface area contributed by atoms with E-state index in [4.69, 9.17) is 5.73 Å². The molecule has 0 saturated heterocycles. The Morgan fingerprint density at radius 2 is 2.26 bits per heavy atom. The minimum absolute atomic E-state index is 0.121. The highest BCUT2D eigenvalue weighted by molar-refractivity contribution is 5.99. The molecular weight excluding hydrogens is 243 g/mol. The average molecular weight is 264 g/mol. The van der Waals surface area contributed by atoms with Gasteiger partial charge in [0, 0.05) is 12.7 Å². The molecule has 3 nitrogen and oxygen atoms in total. The van der Waals surface area contributed by atoms with E-state index in [1.54, 1.807) is 19.2 Å². The number of likely N-dealkylation sites (N-methyl/N-ethyl adjacent to an activating group) is 1. The molecule has 0 aliphatic heterocycles. The highest BCUT2D eigenvalue weighted by Gasteiger charge is 2.40. The molecule has 1 amide bonds. The van der Waals surface area contributed by atoms with E-state index < -0.39 is 5.54 Å². The van der Waals surface area contributed by atoms with Gasteiger partial charge in [-0.1, -0.05) is 25.8 Å². The first kappa shape index (κ1) is 14.0. The number of halogens is 1. The zero-order chi connectivity index (χ0) is 14.0. The average Bonchev–Trinajstić information content (AvgIpc) is 2.36. The van der Waals surface area contributed by atoms with Gasteiger partial charge in [-0.25, -0.2) is 4.39 Å². The Balaban J connectivity index is 2.19. The lowest BCUT2D eigenvalue weighted by Gasteiger charge is -2.38. The zero-order valence-corrected chi connectivity index (χ0v) is 11.5. The summed E-state index contributed by atoms with van der Waals surface area (Å²) < 4.78 is 13.2. The Morgan fingerprint density at radius 1 is 1.53 bits per heavy atom. The number of benzene rings is 1. The second-order valence-corrected chi connectivity index (χ2v) is 5.70. The summed E-state index contributed by atoms with van der Waals surface area (Å²) in [5, 5.41) is 0. The normalized spacial score (nSPS) is 27.1. The Labute approximate surface area is 113 Å². The Kier molecular flexibility index (Phi) is 3.90. The van der Waals surface area contributed by atoms with Crippen LogP contribution in [0.15, 0.2) is 24.3 Å². The second kappa shape index (κ2) is 5.29. The first-order valence-corrected chi connectivity index (χ1v) is 6.75. The Bertz CT molecular complexity index is 477. The van der Waals surface area contributed by atoms with Crippen LogP contribution < -0.4 is 10.6 Å². The van der Waals surface area contributed by atoms with Crippen molar-refractivity contribution in [2.24, 2.45) is 11.7 Å². The molecule has 0 spiro atoms. The number of rotatable bonds is 2. The molecule has 0 radical (unpaired) electrons. The first-order chi connectivity index (χ1) is 8.92. The van der Waals surface area contributed by atoms with Crippen LogP contribution in [0.2, 0.25) is 0 Å². The molecule has 0 bridgehead atoms. The molecule has 1 aromatic carbocycles. The zero-order valence-electron chi connectivity index (χ0n) is 11.5. The van der Waals surface area contributed by atoms with Crippen molar-refractivity contribution in [1.29, 1.82) is 0 Å². The van der Waals surface area contributed by atoms with E-state index in [0.717, 1.165) is 12.8 Å². The molecule has 1 aromatic rings. The Hall–Kier alpha value is -1.42. The van der Waals surface area contributed by atoms with Crippen LogP contribution in [-0.2, 0) is 4.79 Å². The quantitative estimate of drug-likeness (QED) is 0.892. The SMILES string of the molecule is CC1CCCC(N)(C(=O)N(C)c2cccc(F)c2)C1. The van der Waals surface area contributed by atoms with Gasteiger partial charge < -0.3 is 10.6 Å². The lowest BCUT2D eigenvalue weighted by Crippen LogP contribution is -2.56. The van der Waals surface area contributed by atoms with Gasteiger partial charge in [-0.3, -0.25) is 4.79 Å². The molecule has 1 aliphatic carbocycles. The van der Waals surface area contributed by atoms with Gasteiger partial charge in [0.25, 0.3) is 0 Å². The monoisotopic (exact) mass is 264 g/mol. The number of nitrogens with zero attached hydrogens (tertiary/aromatic N) is 1. The molecule has 2 atom stereocenters. The predicted octanol–water partition coefficient (Wildman–Crippen LogP) is 2.70. The van der Waals surface area contributed by atoms with Gasteiger partial charge in [0.1, 0.15) is 5.82 Å². The van der Waals surface area contributed by atoms with Crippen LogP contribution in [0.4, 0.5) is 10.1 Å². The summed E-state index contributed by atoms with van der Waals surface area (Å²) in [6, 6.07) is 6.04. The van der Waals surface area contributed by atoms with Crippen molar-refractivity contribution in [3.63, 3.8) is 0 Å². The van der Waals surface area contributed by atoms with Crippen LogP contribution in [0.1, 0.15) is 32.6 Å². The molecule has 1 fully saturated rings. The standard InChI is InChI=1S/C15H21FN2O/c1-11-5-4-8-15(17,10-11)14(19)18(2)13-7-3-6-12(16)9-13/h3,6-7,9,11H,4-5,8,10,17H2,1-2H3. The maximum atomic E-state index is 13.2. The van der Waals surface area contributed by atoms with Crippen LogP contribution in [0.25, 0.3) is 0 Å². The molecule has 19 heavy (non-hydrogen) atoms. The number of amides is 1. The van der Waals surface area contributed by atoms with Crippen LogP contribution in [0.5, 0.6) is 0 Å². The Morgan fingerprint density at radius 3 is 2.89 bits per heavy atom. The van der Waals surface area contributed by atoms with Crippen LogP contribution in [0, 0.1) is 11.7 Å². The number of hydrogen-bond donors (Lipinski definition) is 1. The van der Waals surface area contributed by atoms with Gasteiger partial charge in [0.05, 0.1) is 5.54 Å². The van der Waals surface area contributed by atoms with Crippen LogP contribution in [-0.4, -0.2) is 18.5 Å². The van der Waals surface area contributed by atoms with E-state index >= 15 is 0 Å². The summed E-state index contributed by atoms with van der Waals surface area (Å²) in [6.45, 7) is 2.12. The third kappa shape index (κ3) is 2.95. The summed E-state index contributed by atoms with van der Waals surface area (Å²) in [4.78, 5) is 14.0. The smallest absolute Gasteiger partial charge is 0.246 e. The van der Waals surface area contributed by atoms with Gasteiger partial charge in [-0.05, 0) is 37.0 Å². The van der Waals surface area contributed by atoms with Crippen molar-refractivity contribution in [2.75, 3.05) is 11.9 Å². The number of nitrogens with two attached hydrogens (primary N) is 1. The predicted molar refractivity (Wildman–Crippen MR) is 74.4 cm³/mol. The van der Waals surface area contributed by atoms with Gasteiger partial charge in [0.2, 0.25) is 5.91 Å². The highest BCUT2D eigenvalue weighted by atomic mass is 19.1. The largest absolute Gasteiger partial charge is 0.317 e. The maximum absolute atomic E-state index is 13.2. The summed E-state index contributed by atoms with van der Waals surface area (Å²) in [7, 11) is 1.66.